The fraction of sp³-hybridized carbons (Fsp3) is 0.250. The van der Waals surface area contributed by atoms with Crippen molar-refractivity contribution in [1.82, 2.24) is 15.0 Å². The molecule has 1 heterocycles. The molecule has 0 bridgehead atoms. The van der Waals surface area contributed by atoms with Crippen LogP contribution < -0.4 is 0 Å². The van der Waals surface area contributed by atoms with Crippen molar-refractivity contribution in [2.24, 2.45) is 0 Å². The molecular formula is C12H13N3O. The third kappa shape index (κ3) is 2.34. The van der Waals surface area contributed by atoms with Gasteiger partial charge in [0.1, 0.15) is 5.69 Å². The van der Waals surface area contributed by atoms with Gasteiger partial charge in [0.25, 0.3) is 0 Å². The lowest BCUT2D eigenvalue weighted by atomic mass is 10.2. The molecule has 0 aliphatic rings. The standard InChI is InChI=1S/C12H13N3O/c1-2-12(16)11-9-15(14-13-11)8-10-6-4-3-5-7-10/h3-7,9H,2,8H2,1H3. The fourth-order valence-electron chi connectivity index (χ4n) is 1.46. The number of nitrogens with zero attached hydrogens (tertiary/aromatic N) is 3. The summed E-state index contributed by atoms with van der Waals surface area (Å²) in [6.45, 7) is 2.46. The number of carbonyl (C=O) groups is 1. The van der Waals surface area contributed by atoms with Crippen LogP contribution in [0.15, 0.2) is 36.5 Å². The van der Waals surface area contributed by atoms with E-state index in [9.17, 15) is 4.79 Å². The number of ketones is 1. The van der Waals surface area contributed by atoms with E-state index in [4.69, 9.17) is 0 Å². The molecule has 1 aromatic heterocycles. The lowest BCUT2D eigenvalue weighted by Gasteiger charge is -1.99. The number of aromatic nitrogens is 3. The van der Waals surface area contributed by atoms with E-state index < -0.39 is 0 Å². The number of carbonyl (C=O) groups excluding carboxylic acids is 1. The van der Waals surface area contributed by atoms with Crippen molar-refractivity contribution >= 4 is 5.78 Å². The molecule has 0 saturated carbocycles. The number of benzene rings is 1. The van der Waals surface area contributed by atoms with Gasteiger partial charge < -0.3 is 0 Å². The summed E-state index contributed by atoms with van der Waals surface area (Å²) >= 11 is 0. The molecule has 4 nitrogen and oxygen atoms in total. The lowest BCUT2D eigenvalue weighted by molar-refractivity contribution is 0.0983. The van der Waals surface area contributed by atoms with Crippen LogP contribution in [-0.4, -0.2) is 20.8 Å². The normalized spacial score (nSPS) is 10.3. The molecule has 0 N–H and O–H groups in total. The van der Waals surface area contributed by atoms with Gasteiger partial charge in [0.15, 0.2) is 5.78 Å². The highest BCUT2D eigenvalue weighted by molar-refractivity contribution is 5.93. The molecular weight excluding hydrogens is 202 g/mol. The molecule has 2 rings (SSSR count). The smallest absolute Gasteiger partial charge is 0.184 e. The Morgan fingerprint density at radius 2 is 2.06 bits per heavy atom. The van der Waals surface area contributed by atoms with Gasteiger partial charge >= 0.3 is 0 Å². The topological polar surface area (TPSA) is 47.8 Å². The van der Waals surface area contributed by atoms with Crippen LogP contribution in [0.4, 0.5) is 0 Å². The SMILES string of the molecule is CCC(=O)c1cn(Cc2ccccc2)nn1. The monoisotopic (exact) mass is 215 g/mol. The van der Waals surface area contributed by atoms with Gasteiger partial charge in [-0.15, -0.1) is 5.10 Å². The van der Waals surface area contributed by atoms with E-state index in [1.165, 1.54) is 0 Å². The molecule has 0 saturated heterocycles. The average molecular weight is 215 g/mol. The summed E-state index contributed by atoms with van der Waals surface area (Å²) in [6.07, 6.45) is 2.16. The molecule has 0 aliphatic heterocycles. The van der Waals surface area contributed by atoms with Gasteiger partial charge in [-0.3, -0.25) is 4.79 Å². The maximum Gasteiger partial charge on any atom is 0.184 e. The van der Waals surface area contributed by atoms with Gasteiger partial charge in [-0.2, -0.15) is 0 Å². The van der Waals surface area contributed by atoms with Crippen LogP contribution in [0.2, 0.25) is 0 Å². The highest BCUT2D eigenvalue weighted by atomic mass is 16.1. The Kier molecular flexibility index (Phi) is 3.10. The summed E-state index contributed by atoms with van der Waals surface area (Å²) in [4.78, 5) is 11.4. The van der Waals surface area contributed by atoms with Gasteiger partial charge in [0.05, 0.1) is 12.7 Å². The molecule has 0 unspecified atom stereocenters. The predicted molar refractivity (Wildman–Crippen MR) is 60.2 cm³/mol. The summed E-state index contributed by atoms with van der Waals surface area (Å²) < 4.78 is 1.68. The third-order valence-corrected chi connectivity index (χ3v) is 2.33. The first-order valence-corrected chi connectivity index (χ1v) is 5.27. The van der Waals surface area contributed by atoms with Crippen molar-refractivity contribution in [3.8, 4) is 0 Å². The molecule has 0 aliphatic carbocycles. The summed E-state index contributed by atoms with van der Waals surface area (Å²) in [5.41, 5.74) is 1.58. The number of hydrogen-bond acceptors (Lipinski definition) is 3. The molecule has 2 aromatic rings. The van der Waals surface area contributed by atoms with E-state index in [0.717, 1.165) is 5.56 Å². The van der Waals surface area contributed by atoms with Crippen LogP contribution in [0.5, 0.6) is 0 Å². The maximum atomic E-state index is 11.4. The molecule has 0 amide bonds. The Balaban J connectivity index is 2.12. The first-order chi connectivity index (χ1) is 7.79. The zero-order valence-corrected chi connectivity index (χ0v) is 9.13. The van der Waals surface area contributed by atoms with E-state index >= 15 is 0 Å². The van der Waals surface area contributed by atoms with Crippen molar-refractivity contribution in [2.45, 2.75) is 19.9 Å². The number of rotatable bonds is 4. The Morgan fingerprint density at radius 1 is 1.31 bits per heavy atom. The Morgan fingerprint density at radius 3 is 2.75 bits per heavy atom. The van der Waals surface area contributed by atoms with Crippen LogP contribution >= 0.6 is 0 Å². The zero-order chi connectivity index (χ0) is 11.4. The Labute approximate surface area is 93.9 Å². The van der Waals surface area contributed by atoms with Gasteiger partial charge in [-0.1, -0.05) is 42.5 Å². The van der Waals surface area contributed by atoms with E-state index in [1.807, 2.05) is 37.3 Å². The molecule has 0 fully saturated rings. The third-order valence-electron chi connectivity index (χ3n) is 2.33. The van der Waals surface area contributed by atoms with Crippen molar-refractivity contribution in [1.29, 1.82) is 0 Å². The van der Waals surface area contributed by atoms with Gasteiger partial charge in [0.2, 0.25) is 0 Å². The number of hydrogen-bond donors (Lipinski definition) is 0. The highest BCUT2D eigenvalue weighted by Crippen LogP contribution is 2.03. The minimum Gasteiger partial charge on any atom is -0.292 e. The first kappa shape index (κ1) is 10.5. The van der Waals surface area contributed by atoms with Gasteiger partial charge in [-0.05, 0) is 5.56 Å². The molecule has 0 radical (unpaired) electrons. The van der Waals surface area contributed by atoms with Crippen molar-refractivity contribution in [3.63, 3.8) is 0 Å². The summed E-state index contributed by atoms with van der Waals surface area (Å²) in [6, 6.07) is 9.96. The molecule has 16 heavy (non-hydrogen) atoms. The summed E-state index contributed by atoms with van der Waals surface area (Å²) in [7, 11) is 0. The molecule has 0 spiro atoms. The minimum atomic E-state index is 0.0271. The van der Waals surface area contributed by atoms with Gasteiger partial charge in [-0.25, -0.2) is 4.68 Å². The van der Waals surface area contributed by atoms with Crippen molar-refractivity contribution < 1.29 is 4.79 Å². The van der Waals surface area contributed by atoms with Crippen LogP contribution in [-0.2, 0) is 6.54 Å². The maximum absolute atomic E-state index is 11.4. The van der Waals surface area contributed by atoms with Crippen LogP contribution in [0.25, 0.3) is 0 Å². The van der Waals surface area contributed by atoms with Gasteiger partial charge in [0, 0.05) is 6.42 Å². The lowest BCUT2D eigenvalue weighted by Crippen LogP contribution is -2.00. The van der Waals surface area contributed by atoms with Crippen LogP contribution in [0.1, 0.15) is 29.4 Å². The molecule has 82 valence electrons. The largest absolute Gasteiger partial charge is 0.292 e. The quantitative estimate of drug-likeness (QED) is 0.732. The van der Waals surface area contributed by atoms with E-state index in [2.05, 4.69) is 10.3 Å². The number of Topliss-reactive ketones (excluding diaryl/α,β-unsaturated/α-hetero) is 1. The van der Waals surface area contributed by atoms with Crippen LogP contribution in [0.3, 0.4) is 0 Å². The first-order valence-electron chi connectivity index (χ1n) is 5.27. The Hall–Kier alpha value is -1.97. The van der Waals surface area contributed by atoms with Crippen LogP contribution in [0, 0.1) is 0 Å². The van der Waals surface area contributed by atoms with Crippen molar-refractivity contribution in [2.75, 3.05) is 0 Å². The fourth-order valence-corrected chi connectivity index (χ4v) is 1.46. The highest BCUT2D eigenvalue weighted by Gasteiger charge is 2.07. The molecule has 4 heteroatoms. The second kappa shape index (κ2) is 4.70. The predicted octanol–water partition coefficient (Wildman–Crippen LogP) is 1.92. The zero-order valence-electron chi connectivity index (χ0n) is 9.13. The van der Waals surface area contributed by atoms with E-state index in [-0.39, 0.29) is 5.78 Å². The molecule has 1 aromatic carbocycles. The minimum absolute atomic E-state index is 0.0271. The van der Waals surface area contributed by atoms with E-state index in [1.54, 1.807) is 10.9 Å². The van der Waals surface area contributed by atoms with E-state index in [0.29, 0.717) is 18.7 Å². The summed E-state index contributed by atoms with van der Waals surface area (Å²) in [5, 5.41) is 7.77. The summed E-state index contributed by atoms with van der Waals surface area (Å²) in [5.74, 6) is 0.0271. The Bertz CT molecular complexity index is 476. The second-order valence-electron chi connectivity index (χ2n) is 3.56. The van der Waals surface area contributed by atoms with Crippen molar-refractivity contribution in [3.05, 3.63) is 47.8 Å². The second-order valence-corrected chi connectivity index (χ2v) is 3.56. The molecule has 0 atom stereocenters. The average Bonchev–Trinajstić information content (AvgIpc) is 2.78.